The van der Waals surface area contributed by atoms with Crippen LogP contribution in [0.25, 0.3) is 0 Å². The molecule has 0 aliphatic carbocycles. The van der Waals surface area contributed by atoms with E-state index in [0.29, 0.717) is 18.4 Å². The van der Waals surface area contributed by atoms with Gasteiger partial charge in [-0.25, -0.2) is 0 Å². The molecule has 1 rings (SSSR count). The predicted octanol–water partition coefficient (Wildman–Crippen LogP) is 2.73. The average Bonchev–Trinajstić information content (AvgIpc) is 2.30. The number of carbonyl (C=O) groups is 1. The number of aliphatic carboxylic acids is 1. The first-order valence-corrected chi connectivity index (χ1v) is 7.92. The predicted molar refractivity (Wildman–Crippen MR) is 83.0 cm³/mol. The van der Waals surface area contributed by atoms with Gasteiger partial charge in [-0.1, -0.05) is 6.92 Å². The van der Waals surface area contributed by atoms with Gasteiger partial charge in [-0.3, -0.25) is 15.0 Å². The van der Waals surface area contributed by atoms with Crippen molar-refractivity contribution in [1.82, 2.24) is 10.2 Å². The molecule has 0 aromatic carbocycles. The first-order chi connectivity index (χ1) is 9.15. The number of carboxylic acids is 1. The molecule has 1 heterocycles. The summed E-state index contributed by atoms with van der Waals surface area (Å²) < 4.78 is 0. The largest absolute Gasteiger partial charge is 0.480 e. The van der Waals surface area contributed by atoms with Gasteiger partial charge in [-0.05, 0) is 59.8 Å². The second-order valence-electron chi connectivity index (χ2n) is 7.22. The van der Waals surface area contributed by atoms with Gasteiger partial charge in [0.15, 0.2) is 0 Å². The summed E-state index contributed by atoms with van der Waals surface area (Å²) in [6, 6.07) is 0.999. The zero-order valence-electron chi connectivity index (χ0n) is 13.9. The van der Waals surface area contributed by atoms with Crippen LogP contribution in [-0.4, -0.2) is 46.2 Å². The summed E-state index contributed by atoms with van der Waals surface area (Å²) in [4.78, 5) is 14.1. The van der Waals surface area contributed by atoms with Gasteiger partial charge in [0, 0.05) is 24.7 Å². The maximum absolute atomic E-state index is 11.6. The highest BCUT2D eigenvalue weighted by Gasteiger charge is 2.38. The van der Waals surface area contributed by atoms with Crippen molar-refractivity contribution in [2.24, 2.45) is 5.92 Å². The maximum Gasteiger partial charge on any atom is 0.323 e. The number of hydrogen-bond acceptors (Lipinski definition) is 3. The van der Waals surface area contributed by atoms with E-state index in [9.17, 15) is 9.90 Å². The Bertz CT molecular complexity index is 332. The Morgan fingerprint density at radius 1 is 1.35 bits per heavy atom. The van der Waals surface area contributed by atoms with Crippen LogP contribution in [-0.2, 0) is 4.79 Å². The average molecular weight is 284 g/mol. The molecule has 4 atom stereocenters. The summed E-state index contributed by atoms with van der Waals surface area (Å²) in [5.41, 5.74) is -0.853. The van der Waals surface area contributed by atoms with Crippen LogP contribution in [0.2, 0.25) is 0 Å². The molecule has 2 N–H and O–H groups in total. The highest BCUT2D eigenvalue weighted by Crippen LogP contribution is 2.27. The number of nitrogens with zero attached hydrogens (tertiary/aromatic N) is 1. The minimum absolute atomic E-state index is 0.168. The quantitative estimate of drug-likeness (QED) is 0.787. The van der Waals surface area contributed by atoms with Crippen molar-refractivity contribution >= 4 is 5.97 Å². The highest BCUT2D eigenvalue weighted by atomic mass is 16.4. The van der Waals surface area contributed by atoms with Crippen LogP contribution in [0, 0.1) is 5.92 Å². The molecule has 4 heteroatoms. The molecular weight excluding hydrogens is 252 g/mol. The van der Waals surface area contributed by atoms with E-state index in [2.05, 4.69) is 31.0 Å². The van der Waals surface area contributed by atoms with E-state index in [-0.39, 0.29) is 12.1 Å². The second-order valence-corrected chi connectivity index (χ2v) is 7.22. The Hall–Kier alpha value is -0.610. The van der Waals surface area contributed by atoms with Crippen LogP contribution in [0.1, 0.15) is 60.8 Å². The van der Waals surface area contributed by atoms with E-state index in [1.807, 2.05) is 20.8 Å². The molecule has 0 radical (unpaired) electrons. The summed E-state index contributed by atoms with van der Waals surface area (Å²) in [5.74, 6) is -0.0430. The smallest absolute Gasteiger partial charge is 0.323 e. The molecule has 0 bridgehead atoms. The Balaban J connectivity index is 2.74. The first-order valence-electron chi connectivity index (χ1n) is 7.92. The van der Waals surface area contributed by atoms with Crippen LogP contribution in [0.5, 0.6) is 0 Å². The lowest BCUT2D eigenvalue weighted by atomic mass is 9.88. The van der Waals surface area contributed by atoms with Gasteiger partial charge in [0.2, 0.25) is 0 Å². The number of piperidine rings is 1. The summed E-state index contributed by atoms with van der Waals surface area (Å²) in [5, 5.41) is 12.8. The van der Waals surface area contributed by atoms with Crippen molar-refractivity contribution in [2.45, 2.75) is 84.5 Å². The van der Waals surface area contributed by atoms with Crippen LogP contribution in [0.15, 0.2) is 0 Å². The minimum atomic E-state index is -0.853. The van der Waals surface area contributed by atoms with Gasteiger partial charge >= 0.3 is 5.97 Å². The molecule has 118 valence electrons. The van der Waals surface area contributed by atoms with E-state index in [1.54, 1.807) is 0 Å². The van der Waals surface area contributed by atoms with E-state index < -0.39 is 11.5 Å². The Morgan fingerprint density at radius 2 is 1.95 bits per heavy atom. The molecule has 1 saturated heterocycles. The second kappa shape index (κ2) is 6.90. The van der Waals surface area contributed by atoms with Crippen molar-refractivity contribution in [1.29, 1.82) is 0 Å². The molecule has 4 nitrogen and oxygen atoms in total. The molecule has 0 spiro atoms. The van der Waals surface area contributed by atoms with Gasteiger partial charge in [0.25, 0.3) is 0 Å². The van der Waals surface area contributed by atoms with Crippen LogP contribution in [0.3, 0.4) is 0 Å². The Kier molecular flexibility index (Phi) is 6.02. The molecule has 0 aromatic rings. The molecule has 0 aromatic heterocycles. The zero-order chi connectivity index (χ0) is 15.5. The van der Waals surface area contributed by atoms with E-state index in [1.165, 1.54) is 12.8 Å². The number of hydrogen-bond donors (Lipinski definition) is 2. The van der Waals surface area contributed by atoms with Crippen LogP contribution in [0.4, 0.5) is 0 Å². The highest BCUT2D eigenvalue weighted by molar-refractivity contribution is 5.78. The van der Waals surface area contributed by atoms with Gasteiger partial charge < -0.3 is 5.11 Å². The lowest BCUT2D eigenvalue weighted by Gasteiger charge is -2.43. The molecule has 1 aliphatic rings. The Morgan fingerprint density at radius 3 is 2.45 bits per heavy atom. The fraction of sp³-hybridized carbons (Fsp3) is 0.938. The van der Waals surface area contributed by atoms with Gasteiger partial charge in [-0.15, -0.1) is 0 Å². The minimum Gasteiger partial charge on any atom is -0.480 e. The number of likely N-dealkylation sites (tertiary alicyclic amines) is 1. The van der Waals surface area contributed by atoms with Gasteiger partial charge in [0.05, 0.1) is 0 Å². The number of rotatable bonds is 6. The zero-order valence-corrected chi connectivity index (χ0v) is 13.9. The molecule has 1 fully saturated rings. The van der Waals surface area contributed by atoms with E-state index in [4.69, 9.17) is 0 Å². The molecular formula is C16H32N2O2. The summed E-state index contributed by atoms with van der Waals surface area (Å²) in [7, 11) is 0. The van der Waals surface area contributed by atoms with Crippen molar-refractivity contribution < 1.29 is 9.90 Å². The summed E-state index contributed by atoms with van der Waals surface area (Å²) in [6.07, 6.45) is 3.13. The van der Waals surface area contributed by atoms with E-state index >= 15 is 0 Å². The van der Waals surface area contributed by atoms with E-state index in [0.717, 1.165) is 6.54 Å². The fourth-order valence-corrected chi connectivity index (χ4v) is 3.49. The normalized spacial score (nSPS) is 29.1. The third-order valence-electron chi connectivity index (χ3n) is 4.51. The molecule has 4 unspecified atom stereocenters. The lowest BCUT2D eigenvalue weighted by Crippen LogP contribution is -2.57. The lowest BCUT2D eigenvalue weighted by molar-refractivity contribution is -0.145. The SMILES string of the molecule is CC1CCC(C)N(C(C)CC(C)(NC(C)C)C(=O)O)C1. The van der Waals surface area contributed by atoms with Crippen molar-refractivity contribution in [3.63, 3.8) is 0 Å². The molecule has 20 heavy (non-hydrogen) atoms. The molecule has 1 aliphatic heterocycles. The van der Waals surface area contributed by atoms with Crippen molar-refractivity contribution in [3.05, 3.63) is 0 Å². The summed E-state index contributed by atoms with van der Waals surface area (Å²) >= 11 is 0. The monoisotopic (exact) mass is 284 g/mol. The topological polar surface area (TPSA) is 52.6 Å². The van der Waals surface area contributed by atoms with Crippen molar-refractivity contribution in [2.75, 3.05) is 6.54 Å². The number of carboxylic acid groups (broad SMARTS) is 1. The standard InChI is InChI=1S/C16H32N2O2/c1-11(2)17-16(6,15(19)20)9-14(5)18-10-12(3)7-8-13(18)4/h11-14,17H,7-10H2,1-6H3,(H,19,20). The Labute approximate surface area is 123 Å². The third kappa shape index (κ3) is 4.45. The molecule has 0 saturated carbocycles. The maximum atomic E-state index is 11.6. The fourth-order valence-electron chi connectivity index (χ4n) is 3.49. The number of nitrogens with one attached hydrogen (secondary N) is 1. The van der Waals surface area contributed by atoms with Crippen molar-refractivity contribution in [3.8, 4) is 0 Å². The van der Waals surface area contributed by atoms with Crippen LogP contribution >= 0.6 is 0 Å². The summed E-state index contributed by atoms with van der Waals surface area (Å²) in [6.45, 7) is 13.6. The van der Waals surface area contributed by atoms with Gasteiger partial charge in [0.1, 0.15) is 5.54 Å². The molecule has 0 amide bonds. The van der Waals surface area contributed by atoms with Gasteiger partial charge in [-0.2, -0.15) is 0 Å². The van der Waals surface area contributed by atoms with Crippen LogP contribution < -0.4 is 5.32 Å². The third-order valence-corrected chi connectivity index (χ3v) is 4.51. The first kappa shape index (κ1) is 17.4.